The molecule has 1 aliphatic rings. The third-order valence-electron chi connectivity index (χ3n) is 4.85. The van der Waals surface area contributed by atoms with Gasteiger partial charge in [-0.3, -0.25) is 14.7 Å². The summed E-state index contributed by atoms with van der Waals surface area (Å²) in [7, 11) is 0. The summed E-state index contributed by atoms with van der Waals surface area (Å²) in [5, 5.41) is 12.0. The van der Waals surface area contributed by atoms with Gasteiger partial charge in [0.1, 0.15) is 0 Å². The Kier molecular flexibility index (Phi) is 7.84. The summed E-state index contributed by atoms with van der Waals surface area (Å²) < 4.78 is 0. The number of pyridine rings is 1. The van der Waals surface area contributed by atoms with Crippen LogP contribution in [-0.2, 0) is 11.2 Å². The summed E-state index contributed by atoms with van der Waals surface area (Å²) in [5.41, 5.74) is 0.984. The van der Waals surface area contributed by atoms with E-state index in [1.165, 1.54) is 0 Å². The number of carbonyl (C=O) groups excluding carboxylic acids is 1. The van der Waals surface area contributed by atoms with Crippen LogP contribution in [0.5, 0.6) is 0 Å². The van der Waals surface area contributed by atoms with Crippen molar-refractivity contribution >= 4 is 12.0 Å². The van der Waals surface area contributed by atoms with Crippen LogP contribution in [0.2, 0.25) is 0 Å². The highest BCUT2D eigenvalue weighted by Gasteiger charge is 2.35. The van der Waals surface area contributed by atoms with Crippen molar-refractivity contribution in [2.45, 2.75) is 51.6 Å². The Hall–Kier alpha value is -2.15. The van der Waals surface area contributed by atoms with E-state index in [0.29, 0.717) is 13.1 Å². The van der Waals surface area contributed by atoms with Gasteiger partial charge in [0.15, 0.2) is 0 Å². The summed E-state index contributed by atoms with van der Waals surface area (Å²) in [6.45, 7) is 6.17. The summed E-state index contributed by atoms with van der Waals surface area (Å²) in [4.78, 5) is 31.6. The molecule has 1 aromatic rings. The Bertz CT molecular complexity index is 575. The van der Waals surface area contributed by atoms with Gasteiger partial charge in [0.2, 0.25) is 0 Å². The third kappa shape index (κ3) is 5.98. The van der Waals surface area contributed by atoms with E-state index in [0.717, 1.165) is 37.9 Å². The molecule has 7 heteroatoms. The molecule has 1 heterocycles. The fourth-order valence-electron chi connectivity index (χ4n) is 3.32. The zero-order valence-electron chi connectivity index (χ0n) is 15.7. The maximum absolute atomic E-state index is 12.6. The molecule has 0 atom stereocenters. The molecule has 0 spiro atoms. The Labute approximate surface area is 155 Å². The molecule has 26 heavy (non-hydrogen) atoms. The molecule has 1 fully saturated rings. The molecule has 7 nitrogen and oxygen atoms in total. The molecule has 1 aliphatic carbocycles. The van der Waals surface area contributed by atoms with E-state index >= 15 is 0 Å². The SMILES string of the molecule is CCCN(CCc1ccccn1)C(=O)NC1CC(N(CC)CC(=O)O)C1. The van der Waals surface area contributed by atoms with Gasteiger partial charge in [-0.05, 0) is 37.9 Å². The average Bonchev–Trinajstić information content (AvgIpc) is 2.60. The molecular formula is C19H30N4O3. The lowest BCUT2D eigenvalue weighted by Crippen LogP contribution is -2.57. The summed E-state index contributed by atoms with van der Waals surface area (Å²) >= 11 is 0. The fourth-order valence-corrected chi connectivity index (χ4v) is 3.32. The summed E-state index contributed by atoms with van der Waals surface area (Å²) in [6, 6.07) is 6.15. The molecule has 144 valence electrons. The molecule has 0 aromatic carbocycles. The number of nitrogens with one attached hydrogen (secondary N) is 1. The normalized spacial score (nSPS) is 19.0. The van der Waals surface area contributed by atoms with Crippen LogP contribution in [0, 0.1) is 0 Å². The number of aromatic nitrogens is 1. The van der Waals surface area contributed by atoms with Crippen LogP contribution in [0.3, 0.4) is 0 Å². The standard InChI is InChI=1S/C19H30N4O3/c1-3-10-23(11-8-15-7-5-6-9-20-15)19(26)21-16-12-17(13-16)22(4-2)14-18(24)25/h5-7,9,16-17H,3-4,8,10-14H2,1-2H3,(H,21,26)(H,24,25). The van der Waals surface area contributed by atoms with E-state index in [4.69, 9.17) is 5.11 Å². The van der Waals surface area contributed by atoms with E-state index < -0.39 is 5.97 Å². The molecular weight excluding hydrogens is 332 g/mol. The monoisotopic (exact) mass is 362 g/mol. The Morgan fingerprint density at radius 3 is 2.62 bits per heavy atom. The second-order valence-electron chi connectivity index (χ2n) is 6.79. The van der Waals surface area contributed by atoms with E-state index in [1.807, 2.05) is 34.9 Å². The van der Waals surface area contributed by atoms with Gasteiger partial charge in [0, 0.05) is 43.5 Å². The first-order valence-electron chi connectivity index (χ1n) is 9.44. The number of hydrogen-bond donors (Lipinski definition) is 2. The maximum Gasteiger partial charge on any atom is 0.317 e. The van der Waals surface area contributed by atoms with Crippen molar-refractivity contribution in [3.63, 3.8) is 0 Å². The minimum absolute atomic E-state index is 0.0347. The Morgan fingerprint density at radius 2 is 2.04 bits per heavy atom. The highest BCUT2D eigenvalue weighted by atomic mass is 16.4. The maximum atomic E-state index is 12.6. The van der Waals surface area contributed by atoms with Gasteiger partial charge in [-0.2, -0.15) is 0 Å². The Morgan fingerprint density at radius 1 is 1.27 bits per heavy atom. The average molecular weight is 362 g/mol. The summed E-state index contributed by atoms with van der Waals surface area (Å²) in [6.07, 6.45) is 5.04. The zero-order chi connectivity index (χ0) is 18.9. The van der Waals surface area contributed by atoms with Gasteiger partial charge < -0.3 is 15.3 Å². The molecule has 0 bridgehead atoms. The van der Waals surface area contributed by atoms with Crippen molar-refractivity contribution in [2.75, 3.05) is 26.2 Å². The first-order valence-corrected chi connectivity index (χ1v) is 9.44. The number of rotatable bonds is 10. The van der Waals surface area contributed by atoms with E-state index in [9.17, 15) is 9.59 Å². The van der Waals surface area contributed by atoms with Gasteiger partial charge in [-0.25, -0.2) is 4.79 Å². The van der Waals surface area contributed by atoms with Crippen LogP contribution in [0.1, 0.15) is 38.8 Å². The van der Waals surface area contributed by atoms with Crippen molar-refractivity contribution in [3.05, 3.63) is 30.1 Å². The minimum atomic E-state index is -0.803. The van der Waals surface area contributed by atoms with Crippen LogP contribution in [0.15, 0.2) is 24.4 Å². The highest BCUT2D eigenvalue weighted by molar-refractivity contribution is 5.74. The lowest BCUT2D eigenvalue weighted by Gasteiger charge is -2.42. The van der Waals surface area contributed by atoms with Gasteiger partial charge in [0.05, 0.1) is 6.54 Å². The number of urea groups is 1. The van der Waals surface area contributed by atoms with E-state index in [1.54, 1.807) is 6.20 Å². The van der Waals surface area contributed by atoms with Gasteiger partial charge in [-0.15, -0.1) is 0 Å². The molecule has 2 amide bonds. The smallest absolute Gasteiger partial charge is 0.317 e. The topological polar surface area (TPSA) is 85.8 Å². The van der Waals surface area contributed by atoms with E-state index in [2.05, 4.69) is 17.2 Å². The van der Waals surface area contributed by atoms with Crippen LogP contribution in [-0.4, -0.2) is 70.2 Å². The molecule has 0 saturated heterocycles. The number of carbonyl (C=O) groups is 2. The first kappa shape index (κ1) is 20.2. The van der Waals surface area contributed by atoms with E-state index in [-0.39, 0.29) is 24.7 Å². The highest BCUT2D eigenvalue weighted by Crippen LogP contribution is 2.25. The molecule has 1 aromatic heterocycles. The lowest BCUT2D eigenvalue weighted by atomic mass is 9.85. The Balaban J connectivity index is 1.78. The van der Waals surface area contributed by atoms with Gasteiger partial charge in [-0.1, -0.05) is 19.9 Å². The van der Waals surface area contributed by atoms with Crippen molar-refractivity contribution in [2.24, 2.45) is 0 Å². The van der Waals surface area contributed by atoms with Crippen molar-refractivity contribution in [3.8, 4) is 0 Å². The van der Waals surface area contributed by atoms with Crippen molar-refractivity contribution in [1.82, 2.24) is 20.1 Å². The number of carboxylic acids is 1. The zero-order valence-corrected chi connectivity index (χ0v) is 15.7. The molecule has 0 aliphatic heterocycles. The fraction of sp³-hybridized carbons (Fsp3) is 0.632. The molecule has 2 N–H and O–H groups in total. The minimum Gasteiger partial charge on any atom is -0.480 e. The second kappa shape index (κ2) is 10.1. The van der Waals surface area contributed by atoms with Gasteiger partial charge >= 0.3 is 12.0 Å². The number of likely N-dealkylation sites (N-methyl/N-ethyl adjacent to an activating group) is 1. The van der Waals surface area contributed by atoms with Crippen molar-refractivity contribution < 1.29 is 14.7 Å². The third-order valence-corrected chi connectivity index (χ3v) is 4.85. The quantitative estimate of drug-likeness (QED) is 0.665. The molecule has 0 radical (unpaired) electrons. The number of aliphatic carboxylic acids is 1. The van der Waals surface area contributed by atoms with Crippen LogP contribution in [0.25, 0.3) is 0 Å². The second-order valence-corrected chi connectivity index (χ2v) is 6.79. The molecule has 2 rings (SSSR count). The predicted octanol–water partition coefficient (Wildman–Crippen LogP) is 1.98. The van der Waals surface area contributed by atoms with Crippen LogP contribution >= 0.6 is 0 Å². The summed E-state index contributed by atoms with van der Waals surface area (Å²) in [5.74, 6) is -0.803. The largest absolute Gasteiger partial charge is 0.480 e. The number of nitrogens with zero attached hydrogens (tertiary/aromatic N) is 3. The van der Waals surface area contributed by atoms with Gasteiger partial charge in [0.25, 0.3) is 0 Å². The number of amides is 2. The molecule has 0 unspecified atom stereocenters. The van der Waals surface area contributed by atoms with Crippen LogP contribution in [0.4, 0.5) is 4.79 Å². The lowest BCUT2D eigenvalue weighted by molar-refractivity contribution is -0.139. The molecule has 1 saturated carbocycles. The number of carboxylic acid groups (broad SMARTS) is 1. The first-order chi connectivity index (χ1) is 12.5. The van der Waals surface area contributed by atoms with Crippen LogP contribution < -0.4 is 5.32 Å². The predicted molar refractivity (Wildman–Crippen MR) is 100 cm³/mol. The van der Waals surface area contributed by atoms with Crippen molar-refractivity contribution in [1.29, 1.82) is 0 Å². The number of hydrogen-bond acceptors (Lipinski definition) is 4.